The fourth-order valence-corrected chi connectivity index (χ4v) is 4.10. The number of thioether (sulfide) groups is 1. The number of nitrogens with one attached hydrogen (secondary N) is 1. The molecule has 0 bridgehead atoms. The van der Waals surface area contributed by atoms with Crippen LogP contribution < -0.4 is 5.32 Å². The Balaban J connectivity index is 1.52. The molecule has 1 aromatic heterocycles. The van der Waals surface area contributed by atoms with Gasteiger partial charge in [-0.2, -0.15) is 0 Å². The Morgan fingerprint density at radius 3 is 2.67 bits per heavy atom. The summed E-state index contributed by atoms with van der Waals surface area (Å²) in [6.07, 6.45) is 0.886. The van der Waals surface area contributed by atoms with Crippen LogP contribution in [0.1, 0.15) is 5.56 Å². The average molecular weight is 380 g/mol. The zero-order valence-electron chi connectivity index (χ0n) is 14.8. The van der Waals surface area contributed by atoms with Gasteiger partial charge in [0.1, 0.15) is 0 Å². The summed E-state index contributed by atoms with van der Waals surface area (Å²) in [4.78, 5) is 30.0. The van der Waals surface area contributed by atoms with E-state index in [1.165, 1.54) is 22.2 Å². The van der Waals surface area contributed by atoms with Gasteiger partial charge >= 0.3 is 6.03 Å². The van der Waals surface area contributed by atoms with Crippen LogP contribution in [0.25, 0.3) is 11.0 Å². The van der Waals surface area contributed by atoms with Gasteiger partial charge in [0.2, 0.25) is 5.91 Å². The number of hydrogen-bond donors (Lipinski definition) is 1. The zero-order chi connectivity index (χ0) is 18.6. The van der Waals surface area contributed by atoms with Crippen molar-refractivity contribution in [3.05, 3.63) is 60.2 Å². The maximum Gasteiger partial charge on any atom is 0.324 e. The van der Waals surface area contributed by atoms with Gasteiger partial charge in [-0.3, -0.25) is 9.69 Å². The molecular formula is C20H20N4O2S. The van der Waals surface area contributed by atoms with Crippen molar-refractivity contribution in [2.45, 2.75) is 18.1 Å². The summed E-state index contributed by atoms with van der Waals surface area (Å²) < 4.78 is 2.16. The molecular weight excluding hydrogens is 360 g/mol. The summed E-state index contributed by atoms with van der Waals surface area (Å²) >= 11 is 1.39. The standard InChI is InChI=1S/C20H20N4O2S/c25-18(24-13-11-21-19(24)26)14-27-20-22-16-8-4-5-9-17(16)23(20)12-10-15-6-2-1-3-7-15/h1-9H,10-14H2,(H,21,26). The lowest BCUT2D eigenvalue weighted by Gasteiger charge is -2.12. The second kappa shape index (κ2) is 7.84. The van der Waals surface area contributed by atoms with E-state index in [-0.39, 0.29) is 17.7 Å². The van der Waals surface area contributed by atoms with E-state index in [1.807, 2.05) is 42.5 Å². The number of aryl methyl sites for hydroxylation is 2. The first-order valence-corrected chi connectivity index (χ1v) is 9.91. The lowest BCUT2D eigenvalue weighted by molar-refractivity contribution is -0.124. The first kappa shape index (κ1) is 17.6. The van der Waals surface area contributed by atoms with Crippen LogP contribution in [0.2, 0.25) is 0 Å². The lowest BCUT2D eigenvalue weighted by atomic mass is 10.1. The van der Waals surface area contributed by atoms with E-state index in [9.17, 15) is 9.59 Å². The molecule has 1 saturated heterocycles. The van der Waals surface area contributed by atoms with E-state index in [4.69, 9.17) is 4.98 Å². The number of fused-ring (bicyclic) bond motifs is 1. The number of urea groups is 1. The van der Waals surface area contributed by atoms with E-state index in [0.717, 1.165) is 29.2 Å². The number of imidazole rings is 1. The monoisotopic (exact) mass is 380 g/mol. The summed E-state index contributed by atoms with van der Waals surface area (Å²) in [5, 5.41) is 3.46. The topological polar surface area (TPSA) is 67.2 Å². The highest BCUT2D eigenvalue weighted by Gasteiger charge is 2.26. The maximum absolute atomic E-state index is 12.3. The second-order valence-corrected chi connectivity index (χ2v) is 7.28. The smallest absolute Gasteiger partial charge is 0.324 e. The molecule has 0 unspecified atom stereocenters. The summed E-state index contributed by atoms with van der Waals surface area (Å²) in [6, 6.07) is 18.0. The second-order valence-electron chi connectivity index (χ2n) is 6.34. The molecule has 0 spiro atoms. The Kier molecular flexibility index (Phi) is 5.11. The number of rotatable bonds is 6. The minimum atomic E-state index is -0.307. The number of hydrogen-bond acceptors (Lipinski definition) is 4. The third-order valence-electron chi connectivity index (χ3n) is 4.57. The highest BCUT2D eigenvalue weighted by Crippen LogP contribution is 2.25. The van der Waals surface area contributed by atoms with Crippen LogP contribution in [0.4, 0.5) is 4.79 Å². The van der Waals surface area contributed by atoms with Gasteiger partial charge in [-0.1, -0.05) is 54.2 Å². The number of nitrogens with zero attached hydrogens (tertiary/aromatic N) is 3. The van der Waals surface area contributed by atoms with Crippen LogP contribution in [0.15, 0.2) is 59.8 Å². The molecule has 4 rings (SSSR count). The van der Waals surface area contributed by atoms with Gasteiger partial charge in [0.15, 0.2) is 5.16 Å². The van der Waals surface area contributed by atoms with Crippen LogP contribution in [0.3, 0.4) is 0 Å². The number of amides is 3. The van der Waals surface area contributed by atoms with Gasteiger partial charge in [-0.25, -0.2) is 9.78 Å². The van der Waals surface area contributed by atoms with Crippen LogP contribution in [0.5, 0.6) is 0 Å². The minimum absolute atomic E-state index is 0.184. The molecule has 0 radical (unpaired) electrons. The number of aromatic nitrogens is 2. The molecule has 2 heterocycles. The van der Waals surface area contributed by atoms with E-state index >= 15 is 0 Å². The molecule has 1 aliphatic rings. The SMILES string of the molecule is O=C(CSc1nc2ccccc2n1CCc1ccccc1)N1CCNC1=O. The van der Waals surface area contributed by atoms with Crippen molar-refractivity contribution in [1.29, 1.82) is 0 Å². The Hall–Kier alpha value is -2.80. The third kappa shape index (κ3) is 3.83. The van der Waals surface area contributed by atoms with Gasteiger partial charge in [0.05, 0.1) is 16.8 Å². The molecule has 138 valence electrons. The van der Waals surface area contributed by atoms with E-state index in [0.29, 0.717) is 13.1 Å². The van der Waals surface area contributed by atoms with Gasteiger partial charge in [0.25, 0.3) is 0 Å². The van der Waals surface area contributed by atoms with Crippen molar-refractivity contribution in [2.75, 3.05) is 18.8 Å². The third-order valence-corrected chi connectivity index (χ3v) is 5.53. The summed E-state index contributed by atoms with van der Waals surface area (Å²) in [5.41, 5.74) is 3.23. The fourth-order valence-electron chi connectivity index (χ4n) is 3.18. The lowest BCUT2D eigenvalue weighted by Crippen LogP contribution is -2.35. The van der Waals surface area contributed by atoms with E-state index in [1.54, 1.807) is 0 Å². The molecule has 2 aromatic carbocycles. The van der Waals surface area contributed by atoms with Crippen LogP contribution in [-0.2, 0) is 17.8 Å². The van der Waals surface area contributed by atoms with Gasteiger partial charge < -0.3 is 9.88 Å². The van der Waals surface area contributed by atoms with Crippen molar-refractivity contribution in [2.24, 2.45) is 0 Å². The minimum Gasteiger partial charge on any atom is -0.336 e. The molecule has 0 saturated carbocycles. The zero-order valence-corrected chi connectivity index (χ0v) is 15.6. The molecule has 6 nitrogen and oxygen atoms in total. The van der Waals surface area contributed by atoms with Crippen molar-refractivity contribution >= 4 is 34.7 Å². The Morgan fingerprint density at radius 2 is 1.89 bits per heavy atom. The maximum atomic E-state index is 12.3. The van der Waals surface area contributed by atoms with Crippen molar-refractivity contribution in [1.82, 2.24) is 19.8 Å². The van der Waals surface area contributed by atoms with Crippen molar-refractivity contribution < 1.29 is 9.59 Å². The van der Waals surface area contributed by atoms with Gasteiger partial charge in [-0.15, -0.1) is 0 Å². The van der Waals surface area contributed by atoms with Crippen molar-refractivity contribution in [3.8, 4) is 0 Å². The first-order valence-electron chi connectivity index (χ1n) is 8.92. The molecule has 3 amide bonds. The van der Waals surface area contributed by atoms with Crippen LogP contribution >= 0.6 is 11.8 Å². The number of carbonyl (C=O) groups excluding carboxylic acids is 2. The van der Waals surface area contributed by atoms with Crippen LogP contribution in [-0.4, -0.2) is 45.2 Å². The quantitative estimate of drug-likeness (QED) is 0.668. The number of benzene rings is 2. The highest BCUT2D eigenvalue weighted by atomic mass is 32.2. The fraction of sp³-hybridized carbons (Fsp3) is 0.250. The summed E-state index contributed by atoms with van der Waals surface area (Å²) in [7, 11) is 0. The van der Waals surface area contributed by atoms with E-state index in [2.05, 4.69) is 22.0 Å². The van der Waals surface area contributed by atoms with Crippen LogP contribution in [0, 0.1) is 0 Å². The number of para-hydroxylation sites is 2. The molecule has 1 N–H and O–H groups in total. The molecule has 0 atom stereocenters. The highest BCUT2D eigenvalue weighted by molar-refractivity contribution is 7.99. The van der Waals surface area contributed by atoms with Gasteiger partial charge in [0, 0.05) is 19.6 Å². The first-order chi connectivity index (χ1) is 13.2. The Bertz CT molecular complexity index is 971. The Morgan fingerprint density at radius 1 is 1.11 bits per heavy atom. The molecule has 27 heavy (non-hydrogen) atoms. The summed E-state index contributed by atoms with van der Waals surface area (Å²) in [5.74, 6) is 0.0129. The largest absolute Gasteiger partial charge is 0.336 e. The van der Waals surface area contributed by atoms with E-state index < -0.39 is 0 Å². The number of carbonyl (C=O) groups is 2. The average Bonchev–Trinajstić information content (AvgIpc) is 3.28. The summed E-state index contributed by atoms with van der Waals surface area (Å²) in [6.45, 7) is 1.73. The number of imide groups is 1. The Labute approximate surface area is 161 Å². The predicted molar refractivity (Wildman–Crippen MR) is 106 cm³/mol. The van der Waals surface area contributed by atoms with Gasteiger partial charge in [-0.05, 0) is 24.1 Å². The predicted octanol–water partition coefficient (Wildman–Crippen LogP) is 2.92. The molecule has 7 heteroatoms. The molecule has 1 fully saturated rings. The molecule has 3 aromatic rings. The molecule has 1 aliphatic heterocycles. The van der Waals surface area contributed by atoms with Crippen molar-refractivity contribution in [3.63, 3.8) is 0 Å². The molecule has 0 aliphatic carbocycles. The normalized spacial score (nSPS) is 13.9.